The van der Waals surface area contributed by atoms with Gasteiger partial charge >= 0.3 is 12.1 Å². The smallest absolute Gasteiger partial charge is 0.410 e. The van der Waals surface area contributed by atoms with Crippen molar-refractivity contribution < 1.29 is 19.1 Å². The predicted octanol–water partition coefficient (Wildman–Crippen LogP) is 2.20. The van der Waals surface area contributed by atoms with E-state index in [4.69, 9.17) is 9.47 Å². The van der Waals surface area contributed by atoms with Crippen molar-refractivity contribution in [3.8, 4) is 0 Å². The van der Waals surface area contributed by atoms with Crippen LogP contribution in [-0.2, 0) is 14.3 Å². The van der Waals surface area contributed by atoms with Gasteiger partial charge in [0.2, 0.25) is 0 Å². The summed E-state index contributed by atoms with van der Waals surface area (Å²) < 4.78 is 10.0. The fraction of sp³-hybridized carbons (Fsp3) is 0.846. The van der Waals surface area contributed by atoms with Crippen LogP contribution in [0.2, 0.25) is 0 Å². The lowest BCUT2D eigenvalue weighted by Gasteiger charge is -2.28. The summed E-state index contributed by atoms with van der Waals surface area (Å²) in [6, 6.07) is 0.0592. The van der Waals surface area contributed by atoms with Gasteiger partial charge in [0, 0.05) is 13.1 Å². The molecule has 0 N–H and O–H groups in total. The summed E-state index contributed by atoms with van der Waals surface area (Å²) in [4.78, 5) is 24.9. The Hall–Kier alpha value is -1.26. The lowest BCUT2D eigenvalue weighted by molar-refractivity contribution is -0.145. The SMILES string of the molecule is COC(=O)[C@H]1CC[C@H](N(C)C(=O)OC(C)(C)C)C1. The third-order valence-electron chi connectivity index (χ3n) is 3.17. The molecule has 0 bridgehead atoms. The molecule has 2 atom stereocenters. The number of carbonyl (C=O) groups is 2. The van der Waals surface area contributed by atoms with Crippen LogP contribution < -0.4 is 0 Å². The molecule has 0 aromatic heterocycles. The van der Waals surface area contributed by atoms with Crippen molar-refractivity contribution in [3.63, 3.8) is 0 Å². The Morgan fingerprint density at radius 2 is 1.83 bits per heavy atom. The van der Waals surface area contributed by atoms with Gasteiger partial charge in [0.25, 0.3) is 0 Å². The second kappa shape index (κ2) is 5.59. The topological polar surface area (TPSA) is 55.8 Å². The summed E-state index contributed by atoms with van der Waals surface area (Å²) in [7, 11) is 3.12. The molecule has 1 amide bonds. The van der Waals surface area contributed by atoms with Gasteiger partial charge in [-0.2, -0.15) is 0 Å². The quantitative estimate of drug-likeness (QED) is 0.712. The number of ether oxygens (including phenoxy) is 2. The highest BCUT2D eigenvalue weighted by Gasteiger charge is 2.35. The highest BCUT2D eigenvalue weighted by atomic mass is 16.6. The van der Waals surface area contributed by atoms with Crippen molar-refractivity contribution in [1.29, 1.82) is 0 Å². The summed E-state index contributed by atoms with van der Waals surface area (Å²) >= 11 is 0. The third-order valence-corrected chi connectivity index (χ3v) is 3.17. The van der Waals surface area contributed by atoms with Gasteiger partial charge in [0.15, 0.2) is 0 Å². The van der Waals surface area contributed by atoms with E-state index in [1.54, 1.807) is 11.9 Å². The normalized spacial score (nSPS) is 23.6. The maximum Gasteiger partial charge on any atom is 0.410 e. The molecular formula is C13H23NO4. The van der Waals surface area contributed by atoms with Crippen molar-refractivity contribution >= 4 is 12.1 Å². The second-order valence-electron chi connectivity index (χ2n) is 5.78. The Kier molecular flexibility index (Phi) is 4.59. The van der Waals surface area contributed by atoms with Crippen LogP contribution in [0.5, 0.6) is 0 Å². The minimum absolute atomic E-state index is 0.0592. The molecule has 1 aliphatic carbocycles. The van der Waals surface area contributed by atoms with Gasteiger partial charge in [-0.25, -0.2) is 4.79 Å². The van der Waals surface area contributed by atoms with E-state index >= 15 is 0 Å². The average Bonchev–Trinajstić information content (AvgIpc) is 2.73. The lowest BCUT2D eigenvalue weighted by Crippen LogP contribution is -2.39. The van der Waals surface area contributed by atoms with Crippen LogP contribution in [0.3, 0.4) is 0 Å². The molecule has 0 aromatic rings. The van der Waals surface area contributed by atoms with E-state index in [0.717, 1.165) is 12.8 Å². The molecule has 1 aliphatic rings. The molecule has 104 valence electrons. The molecule has 0 saturated heterocycles. The first-order valence-corrected chi connectivity index (χ1v) is 6.28. The first-order valence-electron chi connectivity index (χ1n) is 6.28. The van der Waals surface area contributed by atoms with E-state index in [1.165, 1.54) is 7.11 Å². The molecule has 1 saturated carbocycles. The number of esters is 1. The highest BCUT2D eigenvalue weighted by Crippen LogP contribution is 2.30. The number of hydrogen-bond donors (Lipinski definition) is 0. The zero-order valence-corrected chi connectivity index (χ0v) is 11.9. The molecule has 1 fully saturated rings. The number of nitrogens with zero attached hydrogens (tertiary/aromatic N) is 1. The number of amides is 1. The summed E-state index contributed by atoms with van der Waals surface area (Å²) in [6.45, 7) is 5.51. The fourth-order valence-corrected chi connectivity index (χ4v) is 2.17. The maximum atomic E-state index is 11.9. The standard InChI is InChI=1S/C13H23NO4/c1-13(2,3)18-12(16)14(4)10-7-6-9(8-10)11(15)17-5/h9-10H,6-8H2,1-5H3/t9-,10-/m0/s1. The van der Waals surface area contributed by atoms with Crippen LogP contribution in [0, 0.1) is 5.92 Å². The molecule has 0 heterocycles. The van der Waals surface area contributed by atoms with Gasteiger partial charge in [-0.05, 0) is 40.0 Å². The van der Waals surface area contributed by atoms with E-state index in [9.17, 15) is 9.59 Å². The minimum atomic E-state index is -0.494. The van der Waals surface area contributed by atoms with E-state index in [-0.39, 0.29) is 24.0 Å². The first kappa shape index (κ1) is 14.8. The van der Waals surface area contributed by atoms with Crippen molar-refractivity contribution in [2.75, 3.05) is 14.2 Å². The first-order chi connectivity index (χ1) is 8.24. The van der Waals surface area contributed by atoms with Crippen LogP contribution in [-0.4, -0.2) is 42.8 Å². The number of rotatable bonds is 2. The molecule has 18 heavy (non-hydrogen) atoms. The second-order valence-corrected chi connectivity index (χ2v) is 5.78. The van der Waals surface area contributed by atoms with E-state index in [2.05, 4.69) is 0 Å². The zero-order valence-electron chi connectivity index (χ0n) is 11.9. The van der Waals surface area contributed by atoms with Crippen LogP contribution in [0.4, 0.5) is 4.79 Å². The Morgan fingerprint density at radius 1 is 1.22 bits per heavy atom. The molecular weight excluding hydrogens is 234 g/mol. The lowest BCUT2D eigenvalue weighted by atomic mass is 10.1. The van der Waals surface area contributed by atoms with Gasteiger partial charge in [-0.15, -0.1) is 0 Å². The molecule has 1 rings (SSSR count). The summed E-state index contributed by atoms with van der Waals surface area (Å²) in [5, 5.41) is 0. The van der Waals surface area contributed by atoms with Gasteiger partial charge in [0.1, 0.15) is 5.60 Å². The van der Waals surface area contributed by atoms with Crippen molar-refractivity contribution in [2.24, 2.45) is 5.92 Å². The summed E-state index contributed by atoms with van der Waals surface area (Å²) in [5.41, 5.74) is -0.494. The van der Waals surface area contributed by atoms with Crippen LogP contribution in [0.25, 0.3) is 0 Å². The van der Waals surface area contributed by atoms with Crippen molar-refractivity contribution in [3.05, 3.63) is 0 Å². The van der Waals surface area contributed by atoms with Gasteiger partial charge in [0.05, 0.1) is 13.0 Å². The molecule has 0 unspecified atom stereocenters. The van der Waals surface area contributed by atoms with Crippen molar-refractivity contribution in [2.45, 2.75) is 51.7 Å². The Balaban J connectivity index is 2.52. The molecule has 5 heteroatoms. The van der Waals surface area contributed by atoms with Crippen LogP contribution in [0.1, 0.15) is 40.0 Å². The van der Waals surface area contributed by atoms with Gasteiger partial charge in [-0.3, -0.25) is 4.79 Å². The largest absolute Gasteiger partial charge is 0.469 e. The molecule has 0 spiro atoms. The molecule has 0 aromatic carbocycles. The van der Waals surface area contributed by atoms with Crippen molar-refractivity contribution in [1.82, 2.24) is 4.90 Å². The summed E-state index contributed by atoms with van der Waals surface area (Å²) in [5.74, 6) is -0.278. The third kappa shape index (κ3) is 3.89. The highest BCUT2D eigenvalue weighted by molar-refractivity contribution is 5.73. The van der Waals surface area contributed by atoms with Gasteiger partial charge < -0.3 is 14.4 Å². The van der Waals surface area contributed by atoms with E-state index in [1.807, 2.05) is 20.8 Å². The zero-order chi connectivity index (χ0) is 13.9. The molecule has 0 radical (unpaired) electrons. The van der Waals surface area contributed by atoms with Gasteiger partial charge in [-0.1, -0.05) is 0 Å². The summed E-state index contributed by atoms with van der Waals surface area (Å²) in [6.07, 6.45) is 1.90. The van der Waals surface area contributed by atoms with E-state index in [0.29, 0.717) is 6.42 Å². The maximum absolute atomic E-state index is 11.9. The minimum Gasteiger partial charge on any atom is -0.469 e. The van der Waals surface area contributed by atoms with Crippen LogP contribution in [0.15, 0.2) is 0 Å². The fourth-order valence-electron chi connectivity index (χ4n) is 2.17. The monoisotopic (exact) mass is 257 g/mol. The Bertz CT molecular complexity index is 321. The van der Waals surface area contributed by atoms with Crippen LogP contribution >= 0.6 is 0 Å². The average molecular weight is 257 g/mol. The number of carbonyl (C=O) groups excluding carboxylic acids is 2. The predicted molar refractivity (Wildman–Crippen MR) is 67.1 cm³/mol. The number of hydrogen-bond acceptors (Lipinski definition) is 4. The molecule has 5 nitrogen and oxygen atoms in total. The number of methoxy groups -OCH3 is 1. The Labute approximate surface area is 108 Å². The molecule has 0 aliphatic heterocycles. The Morgan fingerprint density at radius 3 is 2.33 bits per heavy atom. The van der Waals surface area contributed by atoms with E-state index < -0.39 is 5.60 Å².